The lowest BCUT2D eigenvalue weighted by atomic mass is 10.1. The number of hydrogen-bond acceptors (Lipinski definition) is 4. The number of piperazine rings is 1. The summed E-state index contributed by atoms with van der Waals surface area (Å²) >= 11 is 0. The van der Waals surface area contributed by atoms with Crippen LogP contribution in [0.5, 0.6) is 0 Å². The molecule has 0 bridgehead atoms. The van der Waals surface area contributed by atoms with Crippen molar-refractivity contribution in [1.29, 1.82) is 0 Å². The molecule has 2 atom stereocenters. The second-order valence-corrected chi connectivity index (χ2v) is 3.72. The molecule has 0 amide bonds. The van der Waals surface area contributed by atoms with Gasteiger partial charge in [-0.3, -0.25) is 4.79 Å². The van der Waals surface area contributed by atoms with Crippen LogP contribution in [-0.4, -0.2) is 42.8 Å². The van der Waals surface area contributed by atoms with Crippen LogP contribution in [0, 0.1) is 0 Å². The second kappa shape index (κ2) is 5.95. The van der Waals surface area contributed by atoms with E-state index in [9.17, 15) is 4.79 Å². The van der Waals surface area contributed by atoms with Crippen molar-refractivity contribution in [1.82, 2.24) is 10.6 Å². The summed E-state index contributed by atoms with van der Waals surface area (Å²) in [5.41, 5.74) is 5.45. The van der Waals surface area contributed by atoms with Gasteiger partial charge < -0.3 is 21.5 Å². The predicted molar refractivity (Wildman–Crippen MR) is 54.1 cm³/mol. The maximum atomic E-state index is 10.3. The first-order valence-electron chi connectivity index (χ1n) is 5.11. The van der Waals surface area contributed by atoms with E-state index in [2.05, 4.69) is 10.6 Å². The Labute approximate surface area is 84.0 Å². The first kappa shape index (κ1) is 11.4. The van der Waals surface area contributed by atoms with Crippen LogP contribution in [-0.2, 0) is 4.79 Å². The Hall–Kier alpha value is -0.650. The Balaban J connectivity index is 2.12. The van der Waals surface area contributed by atoms with E-state index in [4.69, 9.17) is 10.8 Å². The molecule has 5 heteroatoms. The van der Waals surface area contributed by atoms with E-state index < -0.39 is 5.97 Å². The van der Waals surface area contributed by atoms with Crippen molar-refractivity contribution in [2.24, 2.45) is 5.73 Å². The first-order valence-corrected chi connectivity index (χ1v) is 5.11. The zero-order valence-corrected chi connectivity index (χ0v) is 8.33. The molecule has 1 aliphatic heterocycles. The van der Waals surface area contributed by atoms with Gasteiger partial charge in [-0.25, -0.2) is 0 Å². The molecular weight excluding hydrogens is 182 g/mol. The Kier molecular flexibility index (Phi) is 4.86. The molecule has 82 valence electrons. The summed E-state index contributed by atoms with van der Waals surface area (Å²) in [5.74, 6) is -0.726. The lowest BCUT2D eigenvalue weighted by Crippen LogP contribution is -2.54. The van der Waals surface area contributed by atoms with Gasteiger partial charge >= 0.3 is 5.97 Å². The molecule has 14 heavy (non-hydrogen) atoms. The number of nitrogens with two attached hydrogens (primary N) is 1. The quantitative estimate of drug-likeness (QED) is 0.464. The summed E-state index contributed by atoms with van der Waals surface area (Å²) in [6.45, 7) is 2.43. The van der Waals surface area contributed by atoms with Crippen LogP contribution < -0.4 is 16.4 Å². The summed E-state index contributed by atoms with van der Waals surface area (Å²) in [4.78, 5) is 10.3. The number of aliphatic carboxylic acids is 1. The topological polar surface area (TPSA) is 87.4 Å². The Bertz CT molecular complexity index is 179. The van der Waals surface area contributed by atoms with Crippen molar-refractivity contribution in [3.05, 3.63) is 0 Å². The van der Waals surface area contributed by atoms with Crippen molar-refractivity contribution < 1.29 is 9.90 Å². The molecule has 1 saturated heterocycles. The lowest BCUT2D eigenvalue weighted by molar-refractivity contribution is -0.137. The number of carbonyl (C=O) groups is 1. The van der Waals surface area contributed by atoms with Crippen LogP contribution in [0.15, 0.2) is 0 Å². The van der Waals surface area contributed by atoms with Crippen LogP contribution in [0.25, 0.3) is 0 Å². The zero-order chi connectivity index (χ0) is 10.4. The SMILES string of the molecule is NCC[C@H]1CN[C@H](CCC(=O)O)CN1. The molecule has 0 aromatic rings. The van der Waals surface area contributed by atoms with Crippen LogP contribution in [0.4, 0.5) is 0 Å². The van der Waals surface area contributed by atoms with Crippen LogP contribution in [0.2, 0.25) is 0 Å². The fourth-order valence-electron chi connectivity index (χ4n) is 1.67. The molecule has 5 N–H and O–H groups in total. The largest absolute Gasteiger partial charge is 0.481 e. The number of carboxylic acid groups (broad SMARTS) is 1. The van der Waals surface area contributed by atoms with Gasteiger partial charge in [0.15, 0.2) is 0 Å². The van der Waals surface area contributed by atoms with E-state index in [-0.39, 0.29) is 6.42 Å². The monoisotopic (exact) mass is 201 g/mol. The van der Waals surface area contributed by atoms with Gasteiger partial charge in [0.25, 0.3) is 0 Å². The van der Waals surface area contributed by atoms with E-state index in [1.807, 2.05) is 0 Å². The van der Waals surface area contributed by atoms with Crippen LogP contribution >= 0.6 is 0 Å². The van der Waals surface area contributed by atoms with E-state index in [1.54, 1.807) is 0 Å². The minimum absolute atomic E-state index is 0.237. The highest BCUT2D eigenvalue weighted by atomic mass is 16.4. The van der Waals surface area contributed by atoms with E-state index in [1.165, 1.54) is 0 Å². The molecule has 1 rings (SSSR count). The molecule has 1 heterocycles. The summed E-state index contributed by atoms with van der Waals surface area (Å²) in [7, 11) is 0. The predicted octanol–water partition coefficient (Wildman–Crippen LogP) is -0.870. The summed E-state index contributed by atoms with van der Waals surface area (Å²) in [6.07, 6.45) is 1.90. The maximum absolute atomic E-state index is 10.3. The van der Waals surface area contributed by atoms with Gasteiger partial charge in [-0.15, -0.1) is 0 Å². The minimum atomic E-state index is -0.726. The molecule has 1 aliphatic rings. The number of rotatable bonds is 5. The van der Waals surface area contributed by atoms with Crippen LogP contribution in [0.3, 0.4) is 0 Å². The Morgan fingerprint density at radius 1 is 1.29 bits per heavy atom. The second-order valence-electron chi connectivity index (χ2n) is 3.72. The Morgan fingerprint density at radius 2 is 1.86 bits per heavy atom. The molecule has 0 aliphatic carbocycles. The smallest absolute Gasteiger partial charge is 0.303 e. The highest BCUT2D eigenvalue weighted by molar-refractivity contribution is 5.66. The van der Waals surface area contributed by atoms with Crippen molar-refractivity contribution in [3.63, 3.8) is 0 Å². The standard InChI is InChI=1S/C9H19N3O2/c10-4-3-8-6-11-7(5-12-8)1-2-9(13)14/h7-8,11-12H,1-6,10H2,(H,13,14)/t7-,8+/m1/s1. The van der Waals surface area contributed by atoms with Crippen molar-refractivity contribution >= 4 is 5.97 Å². The fraction of sp³-hybridized carbons (Fsp3) is 0.889. The molecule has 0 radical (unpaired) electrons. The van der Waals surface area contributed by atoms with Crippen molar-refractivity contribution in [2.45, 2.75) is 31.3 Å². The van der Waals surface area contributed by atoms with Gasteiger partial charge in [0, 0.05) is 31.6 Å². The summed E-state index contributed by atoms with van der Waals surface area (Å²) < 4.78 is 0. The van der Waals surface area contributed by atoms with Crippen molar-refractivity contribution in [3.8, 4) is 0 Å². The lowest BCUT2D eigenvalue weighted by Gasteiger charge is -2.30. The molecule has 0 unspecified atom stereocenters. The summed E-state index contributed by atoms with van der Waals surface area (Å²) in [6, 6.07) is 0.737. The minimum Gasteiger partial charge on any atom is -0.481 e. The molecular formula is C9H19N3O2. The van der Waals surface area contributed by atoms with E-state index >= 15 is 0 Å². The third kappa shape index (κ3) is 4.04. The van der Waals surface area contributed by atoms with Gasteiger partial charge in [-0.2, -0.15) is 0 Å². The molecule has 0 spiro atoms. The van der Waals surface area contributed by atoms with E-state index in [0.717, 1.165) is 19.5 Å². The third-order valence-corrected chi connectivity index (χ3v) is 2.53. The normalized spacial score (nSPS) is 27.5. The van der Waals surface area contributed by atoms with Gasteiger partial charge in [0.1, 0.15) is 0 Å². The van der Waals surface area contributed by atoms with Gasteiger partial charge in [0.05, 0.1) is 0 Å². The average molecular weight is 201 g/mol. The van der Waals surface area contributed by atoms with Gasteiger partial charge in [-0.05, 0) is 19.4 Å². The van der Waals surface area contributed by atoms with Gasteiger partial charge in [-0.1, -0.05) is 0 Å². The average Bonchev–Trinajstić information content (AvgIpc) is 2.17. The molecule has 5 nitrogen and oxygen atoms in total. The maximum Gasteiger partial charge on any atom is 0.303 e. The molecule has 0 aromatic carbocycles. The molecule has 1 fully saturated rings. The molecule has 0 aromatic heterocycles. The van der Waals surface area contributed by atoms with Crippen LogP contribution in [0.1, 0.15) is 19.3 Å². The Morgan fingerprint density at radius 3 is 2.29 bits per heavy atom. The van der Waals surface area contributed by atoms with E-state index in [0.29, 0.717) is 25.0 Å². The zero-order valence-electron chi connectivity index (χ0n) is 8.33. The fourth-order valence-corrected chi connectivity index (χ4v) is 1.67. The summed E-state index contributed by atoms with van der Waals surface area (Å²) in [5, 5.41) is 15.2. The number of hydrogen-bond donors (Lipinski definition) is 4. The highest BCUT2D eigenvalue weighted by Crippen LogP contribution is 2.02. The van der Waals surface area contributed by atoms with Crippen molar-refractivity contribution in [2.75, 3.05) is 19.6 Å². The first-order chi connectivity index (χ1) is 6.72. The third-order valence-electron chi connectivity index (χ3n) is 2.53. The number of carboxylic acids is 1. The number of nitrogens with one attached hydrogen (secondary N) is 2. The molecule has 0 saturated carbocycles. The van der Waals surface area contributed by atoms with Gasteiger partial charge in [0.2, 0.25) is 0 Å². The highest BCUT2D eigenvalue weighted by Gasteiger charge is 2.19.